The molecule has 0 saturated heterocycles. The second kappa shape index (κ2) is 4.53. The molecule has 0 spiro atoms. The second-order valence-corrected chi connectivity index (χ2v) is 3.83. The third-order valence-electron chi connectivity index (χ3n) is 2.30. The van der Waals surface area contributed by atoms with Gasteiger partial charge >= 0.3 is 0 Å². The van der Waals surface area contributed by atoms with Gasteiger partial charge in [0.15, 0.2) is 0 Å². The number of hydrogen-bond acceptors (Lipinski definition) is 3. The Morgan fingerprint density at radius 2 is 2.33 bits per heavy atom. The first kappa shape index (κ1) is 10.3. The zero-order chi connectivity index (χ0) is 10.7. The Hall–Kier alpha value is -1.22. The minimum atomic E-state index is 0.605. The number of aliphatic imine (C=N–C) groups is 1. The van der Waals surface area contributed by atoms with E-state index in [1.807, 2.05) is 18.3 Å². The molecular weight excluding hydrogens is 212 g/mol. The molecule has 3 nitrogen and oxygen atoms in total. The fourth-order valence-electron chi connectivity index (χ4n) is 1.52. The van der Waals surface area contributed by atoms with Gasteiger partial charge in [-0.25, -0.2) is 0 Å². The van der Waals surface area contributed by atoms with Gasteiger partial charge in [-0.3, -0.25) is 4.99 Å². The van der Waals surface area contributed by atoms with E-state index in [1.165, 1.54) is 5.56 Å². The minimum Gasteiger partial charge on any atom is -0.491 e. The summed E-state index contributed by atoms with van der Waals surface area (Å²) in [4.78, 5) is 4.17. The maximum absolute atomic E-state index is 5.86. The summed E-state index contributed by atoms with van der Waals surface area (Å²) in [5.74, 6) is 1.35. The van der Waals surface area contributed by atoms with Gasteiger partial charge < -0.3 is 10.5 Å². The second-order valence-electron chi connectivity index (χ2n) is 3.45. The number of fused-ring (bicyclic) bond motifs is 1. The van der Waals surface area contributed by atoms with Crippen molar-refractivity contribution in [2.24, 2.45) is 4.99 Å². The Labute approximate surface area is 93.9 Å². The molecule has 1 aromatic rings. The molecule has 1 heterocycles. The van der Waals surface area contributed by atoms with Gasteiger partial charge in [0.05, 0.1) is 18.8 Å². The van der Waals surface area contributed by atoms with Crippen molar-refractivity contribution in [2.45, 2.75) is 13.0 Å². The molecule has 0 atom stereocenters. The quantitative estimate of drug-likeness (QED) is 0.484. The van der Waals surface area contributed by atoms with Gasteiger partial charge in [0.1, 0.15) is 5.75 Å². The standard InChI is InChI=1S/C11H13ClN2O/c12-2-1-3-15-11-5-9-7-14-6-8(9)4-10(11)13/h4-6H,1-3,7,13H2. The molecule has 1 aromatic carbocycles. The minimum absolute atomic E-state index is 0.605. The first-order chi connectivity index (χ1) is 7.31. The number of hydrogen-bond donors (Lipinski definition) is 1. The highest BCUT2D eigenvalue weighted by molar-refractivity contribution is 6.17. The molecular formula is C11H13ClN2O. The molecule has 0 unspecified atom stereocenters. The molecule has 0 aliphatic carbocycles. The number of alkyl halides is 1. The number of rotatable bonds is 4. The van der Waals surface area contributed by atoms with Crippen molar-refractivity contribution >= 4 is 23.5 Å². The normalized spacial score (nSPS) is 12.9. The van der Waals surface area contributed by atoms with Crippen molar-refractivity contribution in [3.8, 4) is 5.75 Å². The predicted molar refractivity (Wildman–Crippen MR) is 63.0 cm³/mol. The van der Waals surface area contributed by atoms with Gasteiger partial charge in [0.25, 0.3) is 0 Å². The lowest BCUT2D eigenvalue weighted by molar-refractivity contribution is 0.320. The van der Waals surface area contributed by atoms with E-state index in [0.29, 0.717) is 18.2 Å². The molecule has 0 saturated carbocycles. The molecule has 1 aliphatic rings. The summed E-state index contributed by atoms with van der Waals surface area (Å²) >= 11 is 5.57. The van der Waals surface area contributed by atoms with Crippen molar-refractivity contribution in [1.82, 2.24) is 0 Å². The molecule has 2 rings (SSSR count). The average Bonchev–Trinajstić information content (AvgIpc) is 2.65. The van der Waals surface area contributed by atoms with Gasteiger partial charge in [0, 0.05) is 12.1 Å². The van der Waals surface area contributed by atoms with Crippen LogP contribution < -0.4 is 10.5 Å². The van der Waals surface area contributed by atoms with E-state index in [9.17, 15) is 0 Å². The van der Waals surface area contributed by atoms with E-state index >= 15 is 0 Å². The summed E-state index contributed by atoms with van der Waals surface area (Å²) in [5.41, 5.74) is 8.79. The molecule has 0 fully saturated rings. The van der Waals surface area contributed by atoms with Crippen LogP contribution in [0, 0.1) is 0 Å². The van der Waals surface area contributed by atoms with Gasteiger partial charge in [-0.2, -0.15) is 0 Å². The Morgan fingerprint density at radius 3 is 3.13 bits per heavy atom. The van der Waals surface area contributed by atoms with Crippen LogP contribution in [0.15, 0.2) is 17.1 Å². The SMILES string of the molecule is Nc1cc2c(cc1OCCCCl)CN=C2. The first-order valence-electron chi connectivity index (χ1n) is 4.92. The molecule has 0 amide bonds. The number of halogens is 1. The van der Waals surface area contributed by atoms with E-state index in [2.05, 4.69) is 4.99 Å². The fraction of sp³-hybridized carbons (Fsp3) is 0.364. The van der Waals surface area contributed by atoms with Crippen molar-refractivity contribution in [2.75, 3.05) is 18.2 Å². The smallest absolute Gasteiger partial charge is 0.142 e. The van der Waals surface area contributed by atoms with Crippen LogP contribution in [0.1, 0.15) is 17.5 Å². The Morgan fingerprint density at radius 1 is 1.47 bits per heavy atom. The van der Waals surface area contributed by atoms with Crippen LogP contribution in [0.2, 0.25) is 0 Å². The number of nitrogen functional groups attached to an aromatic ring is 1. The Kier molecular flexibility index (Phi) is 3.11. The lowest BCUT2D eigenvalue weighted by atomic mass is 10.1. The van der Waals surface area contributed by atoms with Crippen LogP contribution in [0.25, 0.3) is 0 Å². The average molecular weight is 225 g/mol. The molecule has 0 aromatic heterocycles. The summed E-state index contributed by atoms with van der Waals surface area (Å²) < 4.78 is 5.54. The predicted octanol–water partition coefficient (Wildman–Crippen LogP) is 2.21. The number of nitrogens with zero attached hydrogens (tertiary/aromatic N) is 1. The van der Waals surface area contributed by atoms with Gasteiger partial charge in [-0.05, 0) is 29.7 Å². The summed E-state index contributed by atoms with van der Waals surface area (Å²) in [6.07, 6.45) is 2.67. The molecule has 1 aliphatic heterocycles. The molecule has 4 heteroatoms. The van der Waals surface area contributed by atoms with E-state index in [4.69, 9.17) is 22.1 Å². The zero-order valence-corrected chi connectivity index (χ0v) is 9.13. The van der Waals surface area contributed by atoms with Crippen molar-refractivity contribution in [3.63, 3.8) is 0 Å². The van der Waals surface area contributed by atoms with Gasteiger partial charge in [0.2, 0.25) is 0 Å². The third kappa shape index (κ3) is 2.23. The van der Waals surface area contributed by atoms with E-state index in [0.717, 1.165) is 24.3 Å². The summed E-state index contributed by atoms with van der Waals surface area (Å²) in [6.45, 7) is 1.33. The fourth-order valence-corrected chi connectivity index (χ4v) is 1.63. The summed E-state index contributed by atoms with van der Waals surface area (Å²) in [5, 5.41) is 0. The highest BCUT2D eigenvalue weighted by Crippen LogP contribution is 2.28. The van der Waals surface area contributed by atoms with Crippen molar-refractivity contribution in [1.29, 1.82) is 0 Å². The number of benzene rings is 1. The molecule has 80 valence electrons. The van der Waals surface area contributed by atoms with E-state index in [-0.39, 0.29) is 0 Å². The van der Waals surface area contributed by atoms with Crippen LogP contribution in [-0.2, 0) is 6.54 Å². The zero-order valence-electron chi connectivity index (χ0n) is 8.37. The van der Waals surface area contributed by atoms with Crippen LogP contribution in [0.4, 0.5) is 5.69 Å². The van der Waals surface area contributed by atoms with Crippen LogP contribution in [-0.4, -0.2) is 18.7 Å². The van der Waals surface area contributed by atoms with Crippen molar-refractivity contribution in [3.05, 3.63) is 23.3 Å². The maximum Gasteiger partial charge on any atom is 0.142 e. The summed E-state index contributed by atoms with van der Waals surface area (Å²) in [7, 11) is 0. The van der Waals surface area contributed by atoms with Crippen molar-refractivity contribution < 1.29 is 4.74 Å². The lowest BCUT2D eigenvalue weighted by Gasteiger charge is -2.09. The van der Waals surface area contributed by atoms with E-state index < -0.39 is 0 Å². The Balaban J connectivity index is 2.12. The molecule has 0 bridgehead atoms. The molecule has 2 N–H and O–H groups in total. The number of anilines is 1. The van der Waals surface area contributed by atoms with E-state index in [1.54, 1.807) is 0 Å². The highest BCUT2D eigenvalue weighted by atomic mass is 35.5. The highest BCUT2D eigenvalue weighted by Gasteiger charge is 2.10. The first-order valence-corrected chi connectivity index (χ1v) is 5.45. The lowest BCUT2D eigenvalue weighted by Crippen LogP contribution is -2.02. The van der Waals surface area contributed by atoms with Crippen LogP contribution in [0.3, 0.4) is 0 Å². The molecule has 15 heavy (non-hydrogen) atoms. The monoisotopic (exact) mass is 224 g/mol. The van der Waals surface area contributed by atoms with Gasteiger partial charge in [-0.1, -0.05) is 0 Å². The van der Waals surface area contributed by atoms with Gasteiger partial charge in [-0.15, -0.1) is 11.6 Å². The number of ether oxygens (including phenoxy) is 1. The van der Waals surface area contributed by atoms with Crippen LogP contribution >= 0.6 is 11.6 Å². The third-order valence-corrected chi connectivity index (χ3v) is 2.57. The topological polar surface area (TPSA) is 47.6 Å². The van der Waals surface area contributed by atoms with Crippen LogP contribution in [0.5, 0.6) is 5.75 Å². The maximum atomic E-state index is 5.86. The number of nitrogens with two attached hydrogens (primary N) is 1. The summed E-state index contributed by atoms with van der Waals surface area (Å²) in [6, 6.07) is 3.87. The Bertz CT molecular complexity index is 390. The largest absolute Gasteiger partial charge is 0.491 e. The molecule has 0 radical (unpaired) electrons.